The maximum absolute atomic E-state index is 13.6. The first-order valence-electron chi connectivity index (χ1n) is 11.3. The lowest BCUT2D eigenvalue weighted by Crippen LogP contribution is -2.33. The lowest BCUT2D eigenvalue weighted by atomic mass is 9.68. The van der Waals surface area contributed by atoms with Crippen LogP contribution in [0.3, 0.4) is 0 Å². The Morgan fingerprint density at radius 2 is 1.91 bits per heavy atom. The summed E-state index contributed by atoms with van der Waals surface area (Å²) < 4.78 is 5.86. The van der Waals surface area contributed by atoms with Gasteiger partial charge in [0, 0.05) is 33.8 Å². The fourth-order valence-corrected chi connectivity index (χ4v) is 5.45. The van der Waals surface area contributed by atoms with Gasteiger partial charge in [0.1, 0.15) is 5.75 Å². The number of carbonyl (C=O) groups excluding carboxylic acids is 1. The number of fused-ring (bicyclic) bond motifs is 4. The number of ether oxygens (including phenoxy) is 1. The third-order valence-electron chi connectivity index (χ3n) is 6.69. The topological polar surface area (TPSA) is 38.3 Å². The molecule has 1 aliphatic carbocycles. The van der Waals surface area contributed by atoms with E-state index in [2.05, 4.69) is 55.6 Å². The molecule has 2 aliphatic rings. The molecule has 0 bridgehead atoms. The Hall–Kier alpha value is -2.78. The molecule has 32 heavy (non-hydrogen) atoms. The van der Waals surface area contributed by atoms with E-state index < -0.39 is 0 Å². The van der Waals surface area contributed by atoms with Crippen LogP contribution < -0.4 is 10.1 Å². The summed E-state index contributed by atoms with van der Waals surface area (Å²) >= 11 is 6.60. The summed E-state index contributed by atoms with van der Waals surface area (Å²) in [5.74, 6) is 0.980. The van der Waals surface area contributed by atoms with Gasteiger partial charge in [-0.05, 0) is 65.8 Å². The van der Waals surface area contributed by atoms with E-state index in [9.17, 15) is 4.79 Å². The molecule has 1 aliphatic heterocycles. The van der Waals surface area contributed by atoms with Gasteiger partial charge in [0.05, 0.1) is 12.6 Å². The van der Waals surface area contributed by atoms with Gasteiger partial charge in [-0.2, -0.15) is 0 Å². The first-order valence-corrected chi connectivity index (χ1v) is 11.6. The predicted octanol–water partition coefficient (Wildman–Crippen LogP) is 7.51. The molecular formula is C28H28ClNO2. The molecule has 0 saturated heterocycles. The lowest BCUT2D eigenvalue weighted by Gasteiger charge is -2.40. The Balaban J connectivity index is 1.77. The highest BCUT2D eigenvalue weighted by molar-refractivity contribution is 6.31. The summed E-state index contributed by atoms with van der Waals surface area (Å²) in [4.78, 5) is 13.6. The first kappa shape index (κ1) is 21.1. The van der Waals surface area contributed by atoms with Crippen molar-refractivity contribution < 1.29 is 9.53 Å². The van der Waals surface area contributed by atoms with E-state index in [4.69, 9.17) is 16.3 Å². The van der Waals surface area contributed by atoms with Crippen molar-refractivity contribution in [1.29, 1.82) is 0 Å². The van der Waals surface area contributed by atoms with Crippen molar-refractivity contribution in [3.8, 4) is 5.75 Å². The molecule has 3 aromatic carbocycles. The third-order valence-corrected chi connectivity index (χ3v) is 7.08. The second-order valence-electron chi connectivity index (χ2n) is 9.68. The van der Waals surface area contributed by atoms with Gasteiger partial charge in [-0.3, -0.25) is 4.79 Å². The van der Waals surface area contributed by atoms with Crippen LogP contribution in [-0.4, -0.2) is 12.4 Å². The predicted molar refractivity (Wildman–Crippen MR) is 133 cm³/mol. The molecule has 0 saturated carbocycles. The van der Waals surface area contributed by atoms with Gasteiger partial charge in [0.25, 0.3) is 0 Å². The summed E-state index contributed by atoms with van der Waals surface area (Å²) in [6.07, 6.45) is 1.41. The Kier molecular flexibility index (Phi) is 5.05. The first-order chi connectivity index (χ1) is 15.3. The average molecular weight is 446 g/mol. The average Bonchev–Trinajstić information content (AvgIpc) is 2.75. The smallest absolute Gasteiger partial charge is 0.162 e. The zero-order valence-electron chi connectivity index (χ0n) is 19.0. The number of anilines is 1. The van der Waals surface area contributed by atoms with Crippen molar-refractivity contribution in [2.75, 3.05) is 11.9 Å². The largest absolute Gasteiger partial charge is 0.494 e. The summed E-state index contributed by atoms with van der Waals surface area (Å²) in [6.45, 7) is 8.87. The molecular weight excluding hydrogens is 418 g/mol. The Bertz CT molecular complexity index is 1290. The number of hydrogen-bond donors (Lipinski definition) is 1. The highest BCUT2D eigenvalue weighted by Gasteiger charge is 2.41. The molecule has 5 rings (SSSR count). The van der Waals surface area contributed by atoms with Crippen molar-refractivity contribution in [1.82, 2.24) is 0 Å². The van der Waals surface area contributed by atoms with Gasteiger partial charge in [-0.15, -0.1) is 0 Å². The van der Waals surface area contributed by atoms with E-state index in [0.717, 1.165) is 40.1 Å². The third kappa shape index (κ3) is 3.40. The van der Waals surface area contributed by atoms with Gasteiger partial charge in [-0.1, -0.05) is 55.8 Å². The number of ketones is 1. The number of Topliss-reactive ketones (excluding diaryl/α,β-unsaturated/α-hetero) is 1. The summed E-state index contributed by atoms with van der Waals surface area (Å²) in [5, 5.41) is 6.71. The molecule has 164 valence electrons. The molecule has 1 atom stereocenters. The van der Waals surface area contributed by atoms with E-state index in [1.165, 1.54) is 16.3 Å². The van der Waals surface area contributed by atoms with Crippen molar-refractivity contribution in [3.05, 3.63) is 75.8 Å². The molecule has 3 nitrogen and oxygen atoms in total. The van der Waals surface area contributed by atoms with Crippen molar-refractivity contribution in [2.24, 2.45) is 5.41 Å². The van der Waals surface area contributed by atoms with Crippen LogP contribution in [0.2, 0.25) is 5.02 Å². The van der Waals surface area contributed by atoms with Crippen LogP contribution in [0.1, 0.15) is 56.3 Å². The second kappa shape index (κ2) is 7.67. The minimum atomic E-state index is -0.250. The van der Waals surface area contributed by atoms with E-state index in [1.54, 1.807) is 0 Å². The molecule has 1 heterocycles. The zero-order chi connectivity index (χ0) is 22.6. The molecule has 0 aromatic heterocycles. The molecule has 3 aromatic rings. The molecule has 0 fully saturated rings. The Morgan fingerprint density at radius 3 is 2.69 bits per heavy atom. The van der Waals surface area contributed by atoms with Crippen LogP contribution >= 0.6 is 11.6 Å². The highest BCUT2D eigenvalue weighted by Crippen LogP contribution is 2.52. The Labute approximate surface area is 194 Å². The van der Waals surface area contributed by atoms with Crippen LogP contribution in [0.15, 0.2) is 54.1 Å². The summed E-state index contributed by atoms with van der Waals surface area (Å²) in [5.41, 5.74) is 6.07. The zero-order valence-corrected chi connectivity index (χ0v) is 19.8. The van der Waals surface area contributed by atoms with Gasteiger partial charge in [0.15, 0.2) is 5.78 Å². The molecule has 1 unspecified atom stereocenters. The lowest BCUT2D eigenvalue weighted by molar-refractivity contribution is -0.118. The van der Waals surface area contributed by atoms with Crippen LogP contribution in [0.5, 0.6) is 5.75 Å². The molecule has 4 heteroatoms. The van der Waals surface area contributed by atoms with Crippen LogP contribution in [-0.2, 0) is 4.79 Å². The van der Waals surface area contributed by atoms with Gasteiger partial charge in [0.2, 0.25) is 0 Å². The minimum Gasteiger partial charge on any atom is -0.494 e. The number of allylic oxidation sites excluding steroid dienone is 1. The molecule has 0 amide bonds. The number of hydrogen-bond acceptors (Lipinski definition) is 3. The van der Waals surface area contributed by atoms with Crippen LogP contribution in [0.4, 0.5) is 5.69 Å². The van der Waals surface area contributed by atoms with Gasteiger partial charge >= 0.3 is 0 Å². The van der Waals surface area contributed by atoms with Crippen LogP contribution in [0, 0.1) is 12.3 Å². The maximum Gasteiger partial charge on any atom is 0.162 e. The van der Waals surface area contributed by atoms with E-state index >= 15 is 0 Å². The standard InChI is InChI=1S/C28H28ClNO2/c1-5-32-24-13-18(12-21(29)16(24)2)27-26-20(14-28(3,4)15-23(26)31)25-19-9-7-6-8-17(19)10-11-22(25)30-27/h6-13,27,30H,5,14-15H2,1-4H3. The number of benzene rings is 3. The van der Waals surface area contributed by atoms with Gasteiger partial charge < -0.3 is 10.1 Å². The summed E-state index contributed by atoms with van der Waals surface area (Å²) in [7, 11) is 0. The highest BCUT2D eigenvalue weighted by atomic mass is 35.5. The maximum atomic E-state index is 13.6. The molecule has 1 N–H and O–H groups in total. The van der Waals surface area contributed by atoms with Crippen LogP contribution in [0.25, 0.3) is 16.3 Å². The fraction of sp³-hybridized carbons (Fsp3) is 0.321. The van der Waals surface area contributed by atoms with E-state index in [1.807, 2.05) is 26.0 Å². The van der Waals surface area contributed by atoms with Crippen molar-refractivity contribution in [2.45, 2.75) is 46.6 Å². The monoisotopic (exact) mass is 445 g/mol. The SMILES string of the molecule is CCOc1cc(C2Nc3ccc4ccccc4c3C3=C2C(=O)CC(C)(C)C3)cc(Cl)c1C. The minimum absolute atomic E-state index is 0.0760. The number of halogens is 1. The van der Waals surface area contributed by atoms with Crippen molar-refractivity contribution in [3.63, 3.8) is 0 Å². The quantitative estimate of drug-likeness (QED) is 0.453. The van der Waals surface area contributed by atoms with Gasteiger partial charge in [-0.25, -0.2) is 0 Å². The van der Waals surface area contributed by atoms with E-state index in [-0.39, 0.29) is 17.2 Å². The number of nitrogens with one attached hydrogen (secondary N) is 1. The number of carbonyl (C=O) groups is 1. The molecule has 0 radical (unpaired) electrons. The fourth-order valence-electron chi connectivity index (χ4n) is 5.23. The molecule has 0 spiro atoms. The summed E-state index contributed by atoms with van der Waals surface area (Å²) in [6, 6.07) is 16.5. The second-order valence-corrected chi connectivity index (χ2v) is 10.1. The van der Waals surface area contributed by atoms with E-state index in [0.29, 0.717) is 18.1 Å². The van der Waals surface area contributed by atoms with Crippen molar-refractivity contribution >= 4 is 39.4 Å². The Morgan fingerprint density at radius 1 is 1.12 bits per heavy atom. The number of rotatable bonds is 3. The normalized spacial score (nSPS) is 19.4.